The van der Waals surface area contributed by atoms with Gasteiger partial charge in [-0.05, 0) is 200 Å². The number of nitro groups is 2. The van der Waals surface area contributed by atoms with Gasteiger partial charge in [0.05, 0.1) is 46.6 Å². The number of nitro benzene ring substituents is 2. The maximum absolute atomic E-state index is 12.4. The van der Waals surface area contributed by atoms with E-state index in [4.69, 9.17) is 0 Å². The molecule has 108 heavy (non-hydrogen) atoms. The second kappa shape index (κ2) is 29.9. The van der Waals surface area contributed by atoms with Gasteiger partial charge in [-0.15, -0.1) is 0 Å². The Morgan fingerprint density at radius 2 is 0.917 bits per heavy atom. The van der Waals surface area contributed by atoms with E-state index >= 15 is 0 Å². The maximum atomic E-state index is 12.4. The number of benzene rings is 11. The monoisotopic (exact) mass is 1600 g/mol. The van der Waals surface area contributed by atoms with Crippen molar-refractivity contribution in [1.82, 2.24) is 0 Å². The fourth-order valence-corrected chi connectivity index (χ4v) is 19.0. The van der Waals surface area contributed by atoms with Crippen molar-refractivity contribution in [2.75, 3.05) is 23.9 Å². The van der Waals surface area contributed by atoms with E-state index < -0.39 is 20.9 Å². The summed E-state index contributed by atoms with van der Waals surface area (Å²) in [5.74, 6) is 0. The summed E-state index contributed by atoms with van der Waals surface area (Å²) in [4.78, 5) is 29.1. The molecule has 546 valence electrons. The highest BCUT2D eigenvalue weighted by molar-refractivity contribution is 9.11. The largest absolute Gasteiger partial charge is 0.744 e. The number of anilines is 2. The number of allylic oxidation sites excluding steroid dienone is 8. The van der Waals surface area contributed by atoms with E-state index in [1.54, 1.807) is 30.3 Å². The van der Waals surface area contributed by atoms with Crippen molar-refractivity contribution in [3.63, 3.8) is 0 Å². The zero-order valence-corrected chi connectivity index (χ0v) is 65.6. The third-order valence-electron chi connectivity index (χ3n) is 22.3. The topological polar surface area (TPSA) is 197 Å². The lowest BCUT2D eigenvalue weighted by molar-refractivity contribution is -0.777. The second-order valence-corrected chi connectivity index (χ2v) is 32.9. The molecule has 0 aliphatic carbocycles. The van der Waals surface area contributed by atoms with Gasteiger partial charge in [0.2, 0.25) is 11.4 Å². The molecule has 2 unspecified atom stereocenters. The average molecular weight is 1600 g/mol. The van der Waals surface area contributed by atoms with Crippen molar-refractivity contribution in [3.8, 4) is 0 Å². The summed E-state index contributed by atoms with van der Waals surface area (Å²) >= 11 is 7.83. The lowest BCUT2D eigenvalue weighted by atomic mass is 9.72. The second-order valence-electron chi connectivity index (χ2n) is 29.0. The molecule has 20 heteroatoms. The molecule has 0 aromatic heterocycles. The van der Waals surface area contributed by atoms with Crippen LogP contribution < -0.4 is 15.1 Å². The van der Waals surface area contributed by atoms with Gasteiger partial charge < -0.3 is 19.6 Å². The molecule has 2 atom stereocenters. The van der Waals surface area contributed by atoms with E-state index in [1.807, 2.05) is 24.3 Å². The molecule has 11 aromatic rings. The van der Waals surface area contributed by atoms with Crippen LogP contribution in [0.1, 0.15) is 98.9 Å². The van der Waals surface area contributed by atoms with Crippen LogP contribution in [0.5, 0.6) is 0 Å². The average Bonchev–Trinajstić information content (AvgIpc) is 1.58. The summed E-state index contributed by atoms with van der Waals surface area (Å²) in [7, 11) is -0.293. The Bertz CT molecular complexity index is 5490. The third-order valence-corrected chi connectivity index (χ3v) is 25.0. The number of nitrogens with zero attached hydrogens (tertiary/aromatic N) is 6. The summed E-state index contributed by atoms with van der Waals surface area (Å²) in [5, 5.41) is 44.0. The smallest absolute Gasteiger partial charge is 0.283 e. The zero-order valence-electron chi connectivity index (χ0n) is 60.8. The van der Waals surface area contributed by atoms with Gasteiger partial charge in [-0.3, -0.25) is 25.3 Å². The number of hydrogen-bond acceptors (Lipinski definition) is 13. The first-order chi connectivity index (χ1) is 51.8. The van der Waals surface area contributed by atoms with Crippen LogP contribution in [-0.2, 0) is 67.1 Å². The molecule has 0 N–H and O–H groups in total. The van der Waals surface area contributed by atoms with E-state index in [9.17, 15) is 38.5 Å². The number of hydrogen-bond donors (Lipinski definition) is 0. The molecule has 0 saturated heterocycles. The Labute approximate surface area is 649 Å². The lowest BCUT2D eigenvalue weighted by Crippen LogP contribution is -2.31. The molecule has 16 nitrogen and oxygen atoms in total. The van der Waals surface area contributed by atoms with Crippen LogP contribution in [0.4, 0.5) is 34.1 Å². The summed E-state index contributed by atoms with van der Waals surface area (Å²) in [6.07, 6.45) is 16.4. The van der Waals surface area contributed by atoms with E-state index in [2.05, 4.69) is 298 Å². The first kappa shape index (κ1) is 74.8. The van der Waals surface area contributed by atoms with Crippen LogP contribution in [0.15, 0.2) is 285 Å². The minimum absolute atomic E-state index is 0.0664. The molecule has 0 bridgehead atoms. The highest BCUT2D eigenvalue weighted by atomic mass is 79.9. The van der Waals surface area contributed by atoms with Gasteiger partial charge in [-0.25, -0.2) is 8.42 Å². The van der Waals surface area contributed by atoms with Crippen molar-refractivity contribution >= 4 is 132 Å². The lowest BCUT2D eigenvalue weighted by Gasteiger charge is -2.32. The molecule has 4 heterocycles. The number of likely N-dealkylation sites (N-methyl/N-ethyl adjacent to an activating group) is 2. The van der Waals surface area contributed by atoms with Crippen molar-refractivity contribution < 1.29 is 46.6 Å². The summed E-state index contributed by atoms with van der Waals surface area (Å²) in [5.41, 5.74) is 16.4. The Hall–Kier alpha value is -10.0. The normalized spacial score (nSPS) is 18.4. The molecule has 0 fully saturated rings. The van der Waals surface area contributed by atoms with E-state index in [0.717, 1.165) is 58.8 Å². The van der Waals surface area contributed by atoms with Gasteiger partial charge >= 0.3 is 0 Å². The SMILES string of the molecule is CCC1(Cc2ccccc2)/C(=C\C=C\C2=[N+](Cc3ccc(C[N+]4=C(/C=C/C=C5/N(C)c6cc(Br)c([N+](=O)[O-])cc6C5(CC)Cc5ccccc5)C(C)(C)c5c4ccc4ccccc54)cc3)c3ccc4ccccc4c3C2(C)C)N(C)c2cc(Br)c([N+](=O)[O-])cc21.O=S(=O)([O-])c1ccc2cc(SOO[O-])ccc2c1. The highest BCUT2D eigenvalue weighted by Crippen LogP contribution is 2.56. The van der Waals surface area contributed by atoms with Crippen molar-refractivity contribution in [3.05, 3.63) is 340 Å². The van der Waals surface area contributed by atoms with Crippen LogP contribution in [0.25, 0.3) is 32.3 Å². The minimum atomic E-state index is -4.46. The van der Waals surface area contributed by atoms with Crippen LogP contribution in [0.2, 0.25) is 0 Å². The highest BCUT2D eigenvalue weighted by Gasteiger charge is 2.50. The van der Waals surface area contributed by atoms with Gasteiger partial charge in [0.25, 0.3) is 11.4 Å². The van der Waals surface area contributed by atoms with Gasteiger partial charge in [-0.2, -0.15) is 13.5 Å². The van der Waals surface area contributed by atoms with E-state index in [-0.39, 0.29) is 36.9 Å². The van der Waals surface area contributed by atoms with Gasteiger partial charge in [0.1, 0.15) is 10.1 Å². The number of rotatable bonds is 20. The van der Waals surface area contributed by atoms with E-state index in [1.165, 1.54) is 95.9 Å². The van der Waals surface area contributed by atoms with Crippen molar-refractivity contribution in [2.45, 2.75) is 112 Å². The number of fused-ring (bicyclic) bond motifs is 9. The van der Waals surface area contributed by atoms with Crippen LogP contribution in [0.3, 0.4) is 0 Å². The zero-order chi connectivity index (χ0) is 76.2. The molecule has 0 saturated carbocycles. The molecular weight excluding hydrogens is 1520 g/mol. The van der Waals surface area contributed by atoms with Gasteiger partial charge in [0.15, 0.2) is 24.5 Å². The van der Waals surface area contributed by atoms with Gasteiger partial charge in [-0.1, -0.05) is 172 Å². The Morgan fingerprint density at radius 3 is 1.33 bits per heavy atom. The quantitative estimate of drug-likeness (QED) is 0.0175. The Balaban J connectivity index is 0.000000474. The van der Waals surface area contributed by atoms with Crippen molar-refractivity contribution in [1.29, 1.82) is 0 Å². The maximum Gasteiger partial charge on any atom is 0.283 e. The van der Waals surface area contributed by atoms with Crippen LogP contribution in [-0.4, -0.2) is 57.5 Å². The summed E-state index contributed by atoms with van der Waals surface area (Å²) < 4.78 is 42.7. The van der Waals surface area contributed by atoms with Crippen LogP contribution >= 0.6 is 43.9 Å². The molecule has 0 amide bonds. The molecule has 4 aliphatic rings. The fourth-order valence-electron chi connectivity index (χ4n) is 17.1. The summed E-state index contributed by atoms with van der Waals surface area (Å²) in [6.45, 7) is 15.0. The molecule has 15 rings (SSSR count). The Kier molecular flexibility index (Phi) is 20.7. The van der Waals surface area contributed by atoms with Gasteiger partial charge in [0, 0.05) is 111 Å². The molecular formula is C88H78Br2N6O10S2. The molecule has 11 aromatic carbocycles. The number of halogens is 2. The van der Waals surface area contributed by atoms with Crippen LogP contribution in [0, 0.1) is 20.2 Å². The first-order valence-corrected chi connectivity index (χ1v) is 39.4. The summed E-state index contributed by atoms with van der Waals surface area (Å²) in [6, 6.07) is 72.9. The predicted molar refractivity (Wildman–Crippen MR) is 435 cm³/mol. The minimum Gasteiger partial charge on any atom is -0.744 e. The fraction of sp³-hybridized carbons (Fsp3) is 0.205. The predicted octanol–water partition coefficient (Wildman–Crippen LogP) is 20.4. The Morgan fingerprint density at radius 1 is 0.509 bits per heavy atom. The molecule has 0 radical (unpaired) electrons. The third kappa shape index (κ3) is 13.6. The first-order valence-electron chi connectivity index (χ1n) is 35.7. The van der Waals surface area contributed by atoms with E-state index in [0.29, 0.717) is 50.5 Å². The van der Waals surface area contributed by atoms with Crippen molar-refractivity contribution in [2.24, 2.45) is 0 Å². The molecule has 0 spiro atoms. The molecule has 4 aliphatic heterocycles. The standard InChI is InChI=1S/C78H72Br2N6O4.C10H8O6S2/c1-9-77(47-51-23-13-11-14-24-51)59-43-67(85(87)88)61(79)45-65(59)81(7)71(77)33-21-31-69-75(3,4)73-57-29-19-17-27-55(57)39-41-63(73)83(69)49-53-35-37-54(38-36-53)50-84-64-42-40-56-28-18-20-30-58(56)74(64)76(5,6)70(84)32-22-34-72-78(10-2,48-52-25-15-12-16-26-52)60-44-68(86(89)90)62(80)46-66(60)82(72)8;11-15-16-17-9-3-1-8-6-10(18(12,13)14)4-2-7(8)5-9/h11-46H,9-10,47-50H2,1-8H3;1-6,11H,(H,12,13,14)/q+2;/p-2.